The summed E-state index contributed by atoms with van der Waals surface area (Å²) in [6.45, 7) is 10.9. The number of hydrogen-bond acceptors (Lipinski definition) is 8. The summed E-state index contributed by atoms with van der Waals surface area (Å²) in [4.78, 5) is -0.267. The molecule has 41 heavy (non-hydrogen) atoms. The first-order valence-electron chi connectivity index (χ1n) is 12.8. The van der Waals surface area contributed by atoms with Gasteiger partial charge in [-0.3, -0.25) is 0 Å². The topological polar surface area (TPSA) is 119 Å². The molecule has 0 saturated carbocycles. The van der Waals surface area contributed by atoms with E-state index in [-0.39, 0.29) is 27.0 Å². The first kappa shape index (κ1) is 28.4. The summed E-state index contributed by atoms with van der Waals surface area (Å²) in [6.07, 6.45) is 0. The fourth-order valence-corrected chi connectivity index (χ4v) is 7.54. The van der Waals surface area contributed by atoms with Crippen molar-refractivity contribution in [3.05, 3.63) is 105 Å². The van der Waals surface area contributed by atoms with E-state index < -0.39 is 20.2 Å². The second kappa shape index (κ2) is 10.0. The van der Waals surface area contributed by atoms with Gasteiger partial charge in [0, 0.05) is 11.1 Å². The van der Waals surface area contributed by atoms with Crippen molar-refractivity contribution in [1.82, 2.24) is 0 Å². The number of benzene rings is 4. The fraction of sp³-hybridized carbons (Fsp3) is 0.194. The molecule has 5 rings (SSSR count). The van der Waals surface area contributed by atoms with Crippen molar-refractivity contribution < 1.29 is 30.4 Å². The van der Waals surface area contributed by atoms with Gasteiger partial charge in [0.15, 0.2) is 0 Å². The smallest absolute Gasteiger partial charge is 0.339 e. The lowest BCUT2D eigenvalue weighted by atomic mass is 10.1. The first-order chi connectivity index (χ1) is 19.2. The molecule has 0 saturated heterocycles. The second-order valence-corrected chi connectivity index (χ2v) is 13.5. The molecule has 0 fully saturated rings. The van der Waals surface area contributed by atoms with Crippen molar-refractivity contribution in [3.8, 4) is 22.6 Å². The van der Waals surface area contributed by atoms with Gasteiger partial charge in [-0.1, -0.05) is 52.7 Å². The molecule has 0 aromatic heterocycles. The zero-order valence-electron chi connectivity index (χ0n) is 23.4. The van der Waals surface area contributed by atoms with Crippen molar-refractivity contribution in [2.24, 2.45) is 5.16 Å². The zero-order valence-corrected chi connectivity index (χ0v) is 25.1. The molecule has 0 radical (unpaired) electrons. The Balaban J connectivity index is 1.51. The molecule has 0 amide bonds. The summed E-state index contributed by atoms with van der Waals surface area (Å²) in [5, 5.41) is 13.3. The molecule has 0 heterocycles. The van der Waals surface area contributed by atoms with Crippen molar-refractivity contribution in [1.29, 1.82) is 0 Å². The predicted octanol–water partition coefficient (Wildman–Crippen LogP) is 6.28. The summed E-state index contributed by atoms with van der Waals surface area (Å²) in [5.74, 6) is 0.508. The van der Waals surface area contributed by atoms with Crippen LogP contribution in [-0.2, 0) is 20.2 Å². The minimum atomic E-state index is -4.24. The molecule has 0 unspecified atom stereocenters. The molecule has 4 aromatic rings. The Labute approximate surface area is 240 Å². The van der Waals surface area contributed by atoms with E-state index in [0.717, 1.165) is 11.1 Å². The second-order valence-electron chi connectivity index (χ2n) is 10.4. The molecule has 0 bridgehead atoms. The van der Waals surface area contributed by atoms with E-state index in [1.807, 2.05) is 38.1 Å². The standard InChI is InChI=1S/C31H29NO7S2/c1-17-11-19(3)30(20(4)12-17)38-40(34,35)23-7-9-25-26-10-8-24(16-28(26)29(32-33)27(25)15-23)41(36,37)39-31-21(5)13-18(2)14-22(31)6/h7-16,33H,1-6H3. The number of aryl methyl sites for hydroxylation is 6. The minimum Gasteiger partial charge on any atom is -0.410 e. The SMILES string of the molecule is Cc1cc(C)c(OS(=O)(=O)c2ccc3c(c2)C(=NO)c2cc(S(=O)(=O)Oc4c(C)cc(C)cc4C)ccc2-3)c(C)c1. The van der Waals surface area contributed by atoms with Crippen LogP contribution >= 0.6 is 0 Å². The van der Waals surface area contributed by atoms with Gasteiger partial charge in [0.1, 0.15) is 27.0 Å². The van der Waals surface area contributed by atoms with Crippen LogP contribution < -0.4 is 8.37 Å². The van der Waals surface area contributed by atoms with Crippen LogP contribution in [0.1, 0.15) is 44.5 Å². The van der Waals surface area contributed by atoms with Crippen LogP contribution in [0.4, 0.5) is 0 Å². The molecular weight excluding hydrogens is 562 g/mol. The number of rotatable bonds is 6. The Morgan fingerprint density at radius 1 is 0.537 bits per heavy atom. The maximum Gasteiger partial charge on any atom is 0.339 e. The van der Waals surface area contributed by atoms with Crippen molar-refractivity contribution in [2.45, 2.75) is 51.3 Å². The monoisotopic (exact) mass is 591 g/mol. The van der Waals surface area contributed by atoms with Crippen molar-refractivity contribution >= 4 is 25.9 Å². The van der Waals surface area contributed by atoms with E-state index in [9.17, 15) is 22.0 Å². The first-order valence-corrected chi connectivity index (χ1v) is 15.6. The average Bonchev–Trinajstić information content (AvgIpc) is 3.20. The largest absolute Gasteiger partial charge is 0.410 e. The Morgan fingerprint density at radius 2 is 0.878 bits per heavy atom. The predicted molar refractivity (Wildman–Crippen MR) is 156 cm³/mol. The number of hydrogen-bond donors (Lipinski definition) is 1. The number of oxime groups is 1. The third-order valence-electron chi connectivity index (χ3n) is 7.06. The van der Waals surface area contributed by atoms with Crippen LogP contribution in [0.25, 0.3) is 11.1 Å². The van der Waals surface area contributed by atoms with E-state index in [0.29, 0.717) is 44.5 Å². The zero-order chi connectivity index (χ0) is 29.9. The van der Waals surface area contributed by atoms with E-state index in [1.54, 1.807) is 39.8 Å². The average molecular weight is 592 g/mol. The van der Waals surface area contributed by atoms with Crippen LogP contribution in [0.5, 0.6) is 11.5 Å². The Morgan fingerprint density at radius 3 is 1.20 bits per heavy atom. The summed E-state index contributed by atoms with van der Waals surface area (Å²) >= 11 is 0. The highest BCUT2D eigenvalue weighted by Crippen LogP contribution is 2.40. The minimum absolute atomic E-state index is 0.0366. The molecule has 1 aliphatic rings. The van der Waals surface area contributed by atoms with Gasteiger partial charge in [-0.15, -0.1) is 0 Å². The molecule has 0 aliphatic heterocycles. The highest BCUT2D eigenvalue weighted by molar-refractivity contribution is 7.87. The van der Waals surface area contributed by atoms with Crippen LogP contribution in [-0.4, -0.2) is 27.8 Å². The third kappa shape index (κ3) is 5.09. The normalized spacial score (nSPS) is 12.6. The third-order valence-corrected chi connectivity index (χ3v) is 9.49. The van der Waals surface area contributed by atoms with Gasteiger partial charge in [0.25, 0.3) is 0 Å². The Hall–Kier alpha value is -4.15. The summed E-state index contributed by atoms with van der Waals surface area (Å²) in [5.41, 5.74) is 6.57. The van der Waals surface area contributed by atoms with E-state index in [4.69, 9.17) is 8.37 Å². The molecule has 0 spiro atoms. The van der Waals surface area contributed by atoms with Crippen molar-refractivity contribution in [2.75, 3.05) is 0 Å². The van der Waals surface area contributed by atoms with Crippen LogP contribution in [0.2, 0.25) is 0 Å². The molecule has 212 valence electrons. The van der Waals surface area contributed by atoms with Gasteiger partial charge < -0.3 is 13.6 Å². The maximum atomic E-state index is 13.3. The maximum absolute atomic E-state index is 13.3. The van der Waals surface area contributed by atoms with Crippen LogP contribution in [0.15, 0.2) is 75.6 Å². The lowest BCUT2D eigenvalue weighted by molar-refractivity contribution is 0.320. The van der Waals surface area contributed by atoms with E-state index in [2.05, 4.69) is 5.16 Å². The van der Waals surface area contributed by atoms with Gasteiger partial charge in [-0.05, 0) is 99.2 Å². The summed E-state index contributed by atoms with van der Waals surface area (Å²) in [7, 11) is -8.48. The molecule has 4 aromatic carbocycles. The van der Waals surface area contributed by atoms with E-state index in [1.165, 1.54) is 24.3 Å². The lowest BCUT2D eigenvalue weighted by Crippen LogP contribution is -2.13. The van der Waals surface area contributed by atoms with Crippen LogP contribution in [0, 0.1) is 41.5 Å². The molecule has 8 nitrogen and oxygen atoms in total. The van der Waals surface area contributed by atoms with Gasteiger partial charge in [-0.25, -0.2) is 0 Å². The highest BCUT2D eigenvalue weighted by atomic mass is 32.2. The molecule has 1 aliphatic carbocycles. The van der Waals surface area contributed by atoms with Gasteiger partial charge in [-0.2, -0.15) is 16.8 Å². The number of nitrogens with zero attached hydrogens (tertiary/aromatic N) is 1. The molecular formula is C31H29NO7S2. The molecule has 0 atom stereocenters. The summed E-state index contributed by atoms with van der Waals surface area (Å²) in [6, 6.07) is 16.1. The van der Waals surface area contributed by atoms with Gasteiger partial charge in [0.2, 0.25) is 0 Å². The molecule has 10 heteroatoms. The van der Waals surface area contributed by atoms with Gasteiger partial charge >= 0.3 is 20.2 Å². The Kier molecular flexibility index (Phi) is 6.95. The quantitative estimate of drug-likeness (QED) is 0.140. The highest BCUT2D eigenvalue weighted by Gasteiger charge is 2.31. The Bertz CT molecular complexity index is 1810. The van der Waals surface area contributed by atoms with Crippen LogP contribution in [0.3, 0.4) is 0 Å². The molecule has 1 N–H and O–H groups in total. The lowest BCUT2D eigenvalue weighted by Gasteiger charge is -2.13. The summed E-state index contributed by atoms with van der Waals surface area (Å²) < 4.78 is 64.2. The van der Waals surface area contributed by atoms with Crippen molar-refractivity contribution in [3.63, 3.8) is 0 Å². The van der Waals surface area contributed by atoms with E-state index >= 15 is 0 Å². The number of fused-ring (bicyclic) bond motifs is 3. The van der Waals surface area contributed by atoms with Gasteiger partial charge in [0.05, 0.1) is 0 Å². The fourth-order valence-electron chi connectivity index (χ4n) is 5.38.